The molecule has 1 aromatic rings. The highest BCUT2D eigenvalue weighted by Gasteiger charge is 2.35. The van der Waals surface area contributed by atoms with Crippen LogP contribution in [0.3, 0.4) is 0 Å². The summed E-state index contributed by atoms with van der Waals surface area (Å²) in [6.45, 7) is 0.673. The molecule has 1 saturated heterocycles. The quantitative estimate of drug-likeness (QED) is 0.751. The third-order valence-corrected chi connectivity index (χ3v) is 4.81. The molecule has 2 rings (SSSR count). The van der Waals surface area contributed by atoms with Crippen molar-refractivity contribution in [2.45, 2.75) is 12.5 Å². The Kier molecular flexibility index (Phi) is 4.15. The molecule has 19 heavy (non-hydrogen) atoms. The van der Waals surface area contributed by atoms with Crippen molar-refractivity contribution in [2.24, 2.45) is 0 Å². The first kappa shape index (κ1) is 13.9. The van der Waals surface area contributed by atoms with Crippen molar-refractivity contribution in [3.8, 4) is 0 Å². The topological polar surface area (TPSA) is 105 Å². The van der Waals surface area contributed by atoms with Crippen LogP contribution in [0.25, 0.3) is 0 Å². The Hall–Kier alpha value is -1.48. The minimum atomic E-state index is -3.05. The maximum atomic E-state index is 12.3. The van der Waals surface area contributed by atoms with E-state index in [1.54, 1.807) is 0 Å². The molecule has 0 saturated carbocycles. The summed E-state index contributed by atoms with van der Waals surface area (Å²) in [6, 6.07) is -0.322. The molecule has 106 valence electrons. The van der Waals surface area contributed by atoms with Gasteiger partial charge in [-0.1, -0.05) is 0 Å². The minimum Gasteiger partial charge on any atom is -0.383 e. The predicted octanol–water partition coefficient (Wildman–Crippen LogP) is -0.920. The van der Waals surface area contributed by atoms with Gasteiger partial charge in [0.2, 0.25) is 5.82 Å². The molecule has 1 unspecified atom stereocenters. The number of carbonyl (C=O) groups is 1. The van der Waals surface area contributed by atoms with Crippen molar-refractivity contribution in [3.05, 3.63) is 12.2 Å². The number of aromatic amines is 1. The Labute approximate surface area is 111 Å². The van der Waals surface area contributed by atoms with Crippen LogP contribution < -0.4 is 0 Å². The van der Waals surface area contributed by atoms with Crippen LogP contribution in [0.1, 0.15) is 17.0 Å². The highest BCUT2D eigenvalue weighted by atomic mass is 32.2. The van der Waals surface area contributed by atoms with Crippen LogP contribution >= 0.6 is 0 Å². The Morgan fingerprint density at radius 1 is 1.63 bits per heavy atom. The van der Waals surface area contributed by atoms with E-state index < -0.39 is 9.84 Å². The Morgan fingerprint density at radius 2 is 2.42 bits per heavy atom. The van der Waals surface area contributed by atoms with E-state index in [2.05, 4.69) is 15.2 Å². The highest BCUT2D eigenvalue weighted by Crippen LogP contribution is 2.19. The fourth-order valence-corrected chi connectivity index (χ4v) is 3.84. The standard InChI is InChI=1S/C10H16N4O4S/c1-18-4-3-14(8-2-5-19(16,17)6-8)10(15)9-11-7-12-13-9/h7-8H,2-6H2,1H3,(H,11,12,13). The van der Waals surface area contributed by atoms with E-state index in [0.29, 0.717) is 19.6 Å². The van der Waals surface area contributed by atoms with Crippen LogP contribution in [0, 0.1) is 0 Å². The van der Waals surface area contributed by atoms with Crippen LogP contribution in [0.5, 0.6) is 0 Å². The third kappa shape index (κ3) is 3.29. The summed E-state index contributed by atoms with van der Waals surface area (Å²) >= 11 is 0. The second-order valence-corrected chi connectivity index (χ2v) is 6.61. The Morgan fingerprint density at radius 3 is 2.95 bits per heavy atom. The molecule has 0 spiro atoms. The molecule has 1 aliphatic rings. The van der Waals surface area contributed by atoms with Gasteiger partial charge in [-0.15, -0.1) is 0 Å². The predicted molar refractivity (Wildman–Crippen MR) is 66.4 cm³/mol. The monoisotopic (exact) mass is 288 g/mol. The molecule has 0 radical (unpaired) electrons. The maximum absolute atomic E-state index is 12.3. The first-order valence-corrected chi connectivity index (χ1v) is 7.71. The normalized spacial score (nSPS) is 21.4. The number of H-pyrrole nitrogens is 1. The van der Waals surface area contributed by atoms with Gasteiger partial charge in [0.05, 0.1) is 18.1 Å². The second-order valence-electron chi connectivity index (χ2n) is 4.38. The van der Waals surface area contributed by atoms with Crippen LogP contribution in [-0.2, 0) is 14.6 Å². The molecule has 1 N–H and O–H groups in total. The zero-order chi connectivity index (χ0) is 13.9. The lowest BCUT2D eigenvalue weighted by molar-refractivity contribution is 0.0613. The molecule has 8 nitrogen and oxygen atoms in total. The number of methoxy groups -OCH3 is 1. The van der Waals surface area contributed by atoms with Crippen molar-refractivity contribution in [3.63, 3.8) is 0 Å². The summed E-state index contributed by atoms with van der Waals surface area (Å²) in [5.41, 5.74) is 0. The summed E-state index contributed by atoms with van der Waals surface area (Å²) in [6.07, 6.45) is 1.69. The zero-order valence-corrected chi connectivity index (χ0v) is 11.4. The lowest BCUT2D eigenvalue weighted by Gasteiger charge is -2.26. The average Bonchev–Trinajstić information content (AvgIpc) is 2.99. The average molecular weight is 288 g/mol. The summed E-state index contributed by atoms with van der Waals surface area (Å²) in [7, 11) is -1.52. The fraction of sp³-hybridized carbons (Fsp3) is 0.700. The van der Waals surface area contributed by atoms with E-state index in [4.69, 9.17) is 4.74 Å². The molecule has 0 aliphatic carbocycles. The van der Waals surface area contributed by atoms with E-state index >= 15 is 0 Å². The summed E-state index contributed by atoms with van der Waals surface area (Å²) in [4.78, 5) is 17.6. The van der Waals surface area contributed by atoms with Crippen LogP contribution in [-0.4, -0.2) is 72.2 Å². The lowest BCUT2D eigenvalue weighted by Crippen LogP contribution is -2.43. The number of hydrogen-bond donors (Lipinski definition) is 1. The van der Waals surface area contributed by atoms with Crippen molar-refractivity contribution < 1.29 is 17.9 Å². The lowest BCUT2D eigenvalue weighted by atomic mass is 10.2. The zero-order valence-electron chi connectivity index (χ0n) is 10.6. The van der Waals surface area contributed by atoms with Crippen molar-refractivity contribution in [1.29, 1.82) is 0 Å². The molecule has 0 bridgehead atoms. The van der Waals surface area contributed by atoms with Crippen molar-refractivity contribution in [2.75, 3.05) is 31.8 Å². The highest BCUT2D eigenvalue weighted by molar-refractivity contribution is 7.91. The van der Waals surface area contributed by atoms with E-state index in [-0.39, 0.29) is 29.3 Å². The van der Waals surface area contributed by atoms with Gasteiger partial charge in [-0.3, -0.25) is 9.89 Å². The third-order valence-electron chi connectivity index (χ3n) is 3.06. The molecular weight excluding hydrogens is 272 g/mol. The molecule has 1 amide bonds. The number of ether oxygens (including phenoxy) is 1. The van der Waals surface area contributed by atoms with Gasteiger partial charge in [-0.2, -0.15) is 5.10 Å². The van der Waals surface area contributed by atoms with Crippen LogP contribution in [0.4, 0.5) is 0 Å². The van der Waals surface area contributed by atoms with E-state index in [0.717, 1.165) is 0 Å². The van der Waals surface area contributed by atoms with Gasteiger partial charge in [0.1, 0.15) is 6.33 Å². The Bertz CT molecular complexity index is 528. The molecule has 1 fully saturated rings. The number of rotatable bonds is 5. The Balaban J connectivity index is 2.14. The van der Waals surface area contributed by atoms with Crippen LogP contribution in [0.15, 0.2) is 6.33 Å². The number of carbonyl (C=O) groups excluding carboxylic acids is 1. The largest absolute Gasteiger partial charge is 0.383 e. The number of nitrogens with zero attached hydrogens (tertiary/aromatic N) is 3. The van der Waals surface area contributed by atoms with Gasteiger partial charge in [0, 0.05) is 19.7 Å². The first-order valence-electron chi connectivity index (χ1n) is 5.89. The summed E-state index contributed by atoms with van der Waals surface area (Å²) in [5.74, 6) is -0.126. The fourth-order valence-electron chi connectivity index (χ4n) is 2.11. The minimum absolute atomic E-state index is 0.00338. The number of hydrogen-bond acceptors (Lipinski definition) is 6. The van der Waals surface area contributed by atoms with Gasteiger partial charge in [0.25, 0.3) is 5.91 Å². The first-order chi connectivity index (χ1) is 9.03. The van der Waals surface area contributed by atoms with Gasteiger partial charge < -0.3 is 9.64 Å². The van der Waals surface area contributed by atoms with Crippen molar-refractivity contribution >= 4 is 15.7 Å². The van der Waals surface area contributed by atoms with E-state index in [1.807, 2.05) is 0 Å². The summed E-state index contributed by atoms with van der Waals surface area (Å²) in [5, 5.41) is 6.12. The van der Waals surface area contributed by atoms with Crippen LogP contribution in [0.2, 0.25) is 0 Å². The number of amides is 1. The molecule has 2 heterocycles. The number of sulfone groups is 1. The SMILES string of the molecule is COCCN(C(=O)c1ncn[nH]1)C1CCS(=O)(=O)C1. The number of aromatic nitrogens is 3. The molecule has 1 aromatic heterocycles. The van der Waals surface area contributed by atoms with Gasteiger partial charge in [0.15, 0.2) is 9.84 Å². The van der Waals surface area contributed by atoms with E-state index in [9.17, 15) is 13.2 Å². The van der Waals surface area contributed by atoms with E-state index in [1.165, 1.54) is 18.3 Å². The maximum Gasteiger partial charge on any atom is 0.291 e. The molecular formula is C10H16N4O4S. The van der Waals surface area contributed by atoms with Gasteiger partial charge in [-0.25, -0.2) is 13.4 Å². The smallest absolute Gasteiger partial charge is 0.291 e. The van der Waals surface area contributed by atoms with Gasteiger partial charge in [-0.05, 0) is 6.42 Å². The van der Waals surface area contributed by atoms with Gasteiger partial charge >= 0.3 is 0 Å². The summed E-state index contributed by atoms with van der Waals surface area (Å²) < 4.78 is 28.0. The molecule has 1 atom stereocenters. The molecule has 9 heteroatoms. The molecule has 1 aliphatic heterocycles. The van der Waals surface area contributed by atoms with Crippen molar-refractivity contribution in [1.82, 2.24) is 20.1 Å². The second kappa shape index (κ2) is 5.66. The molecule has 0 aromatic carbocycles. The number of nitrogens with one attached hydrogen (secondary N) is 1.